The summed E-state index contributed by atoms with van der Waals surface area (Å²) in [6.07, 6.45) is 0. The van der Waals surface area contributed by atoms with Crippen molar-refractivity contribution < 1.29 is 4.52 Å². The van der Waals surface area contributed by atoms with Crippen LogP contribution in [0.2, 0.25) is 0 Å². The molecule has 0 amide bonds. The predicted molar refractivity (Wildman–Crippen MR) is 131 cm³/mol. The summed E-state index contributed by atoms with van der Waals surface area (Å²) in [6, 6.07) is 10.5. The summed E-state index contributed by atoms with van der Waals surface area (Å²) < 4.78 is 5.40. The number of nitrogens with zero attached hydrogens (tertiary/aromatic N) is 3. The number of guanidine groups is 1. The molecule has 0 saturated carbocycles. The second kappa shape index (κ2) is 13.6. The lowest BCUT2D eigenvalue weighted by atomic mass is 10.1. The fraction of sp³-hybridized carbons (Fsp3) is 0.545. The number of rotatable bonds is 10. The number of aliphatic imine (C=N–C) groups is 1. The first kappa shape index (κ1) is 25.4. The van der Waals surface area contributed by atoms with Crippen LogP contribution in [0.5, 0.6) is 0 Å². The number of benzene rings is 1. The normalized spacial score (nSPS) is 11.6. The Labute approximate surface area is 192 Å². The summed E-state index contributed by atoms with van der Waals surface area (Å²) in [7, 11) is 0. The van der Waals surface area contributed by atoms with Gasteiger partial charge in [-0.2, -0.15) is 0 Å². The fourth-order valence-electron chi connectivity index (χ4n) is 2.92. The van der Waals surface area contributed by atoms with E-state index in [9.17, 15) is 0 Å². The van der Waals surface area contributed by atoms with Gasteiger partial charge in [-0.25, -0.2) is 4.99 Å². The smallest absolute Gasteiger partial charge is 0.191 e. The average Bonchev–Trinajstić information content (AvgIpc) is 3.18. The first-order valence-corrected chi connectivity index (χ1v) is 10.3. The van der Waals surface area contributed by atoms with Crippen LogP contribution in [0.25, 0.3) is 0 Å². The molecule has 0 aliphatic heterocycles. The standard InChI is InChI=1S/C22H35N5O.HI/c1-6-23-22(25-15-20-13-21(17(4)5)26-28-20)24-14-18-11-9-10-12-19(18)16-27(7-2)8-3;/h9-13,17H,6-8,14-16H2,1-5H3,(H2,23,24,25);1H. The Hall–Kier alpha value is -1.61. The van der Waals surface area contributed by atoms with Crippen molar-refractivity contribution in [3.8, 4) is 0 Å². The van der Waals surface area contributed by atoms with Gasteiger partial charge in [0.25, 0.3) is 0 Å². The summed E-state index contributed by atoms with van der Waals surface area (Å²) in [5.74, 6) is 1.96. The molecule has 7 heteroatoms. The molecule has 2 aromatic rings. The Morgan fingerprint density at radius 2 is 1.79 bits per heavy atom. The monoisotopic (exact) mass is 513 g/mol. The van der Waals surface area contributed by atoms with Crippen LogP contribution in [0.4, 0.5) is 0 Å². The zero-order valence-electron chi connectivity index (χ0n) is 18.4. The Morgan fingerprint density at radius 3 is 2.38 bits per heavy atom. The summed E-state index contributed by atoms with van der Waals surface area (Å²) in [4.78, 5) is 7.19. The second-order valence-electron chi connectivity index (χ2n) is 7.15. The highest BCUT2D eigenvalue weighted by molar-refractivity contribution is 14.0. The van der Waals surface area contributed by atoms with Crippen LogP contribution in [-0.4, -0.2) is 35.7 Å². The molecule has 6 nitrogen and oxygen atoms in total. The van der Waals surface area contributed by atoms with Gasteiger partial charge >= 0.3 is 0 Å². The molecule has 0 aliphatic carbocycles. The topological polar surface area (TPSA) is 65.7 Å². The molecule has 1 heterocycles. The number of halogens is 1. The van der Waals surface area contributed by atoms with Crippen LogP contribution < -0.4 is 10.6 Å². The van der Waals surface area contributed by atoms with E-state index in [-0.39, 0.29) is 24.0 Å². The first-order chi connectivity index (χ1) is 13.6. The van der Waals surface area contributed by atoms with Crippen LogP contribution in [0.3, 0.4) is 0 Å². The van der Waals surface area contributed by atoms with Crippen molar-refractivity contribution in [3.05, 3.63) is 52.9 Å². The van der Waals surface area contributed by atoms with Gasteiger partial charge in [0.2, 0.25) is 0 Å². The van der Waals surface area contributed by atoms with E-state index < -0.39 is 0 Å². The minimum absolute atomic E-state index is 0. The maximum atomic E-state index is 5.40. The highest BCUT2D eigenvalue weighted by atomic mass is 127. The molecule has 0 atom stereocenters. The van der Waals surface area contributed by atoms with Crippen molar-refractivity contribution in [3.63, 3.8) is 0 Å². The summed E-state index contributed by atoms with van der Waals surface area (Å²) in [5.41, 5.74) is 3.57. The zero-order chi connectivity index (χ0) is 20.4. The third kappa shape index (κ3) is 8.34. The summed E-state index contributed by atoms with van der Waals surface area (Å²) >= 11 is 0. The van der Waals surface area contributed by atoms with Gasteiger partial charge in [-0.1, -0.05) is 57.1 Å². The van der Waals surface area contributed by atoms with Gasteiger partial charge in [0.15, 0.2) is 11.7 Å². The van der Waals surface area contributed by atoms with Crippen molar-refractivity contribution >= 4 is 29.9 Å². The predicted octanol–water partition coefficient (Wildman–Crippen LogP) is 4.51. The molecule has 2 rings (SSSR count). The van der Waals surface area contributed by atoms with Gasteiger partial charge < -0.3 is 15.2 Å². The molecule has 0 fully saturated rings. The highest BCUT2D eigenvalue weighted by Crippen LogP contribution is 2.14. The SMILES string of the molecule is CCNC(=NCc1ccccc1CN(CC)CC)NCc1cc(C(C)C)no1.I. The Kier molecular flexibility index (Phi) is 11.9. The maximum absolute atomic E-state index is 5.40. The molecule has 0 spiro atoms. The van der Waals surface area contributed by atoms with Crippen molar-refractivity contribution in [1.29, 1.82) is 0 Å². The van der Waals surface area contributed by atoms with Gasteiger partial charge in [0.1, 0.15) is 0 Å². The molecule has 2 N–H and O–H groups in total. The first-order valence-electron chi connectivity index (χ1n) is 10.3. The molecule has 1 aromatic carbocycles. The number of aromatic nitrogens is 1. The van der Waals surface area contributed by atoms with Gasteiger partial charge in [-0.05, 0) is 37.1 Å². The Balaban J connectivity index is 0.00000420. The molecular formula is C22H36IN5O. The largest absolute Gasteiger partial charge is 0.359 e. The van der Waals surface area contributed by atoms with Crippen molar-refractivity contribution in [2.75, 3.05) is 19.6 Å². The lowest BCUT2D eigenvalue weighted by Crippen LogP contribution is -2.36. The molecule has 0 saturated heterocycles. The van der Waals surface area contributed by atoms with Gasteiger partial charge in [0.05, 0.1) is 18.8 Å². The third-order valence-corrected chi connectivity index (χ3v) is 4.76. The maximum Gasteiger partial charge on any atom is 0.191 e. The molecule has 0 bridgehead atoms. The molecule has 0 aliphatic rings. The van der Waals surface area contributed by atoms with E-state index >= 15 is 0 Å². The number of hydrogen-bond donors (Lipinski definition) is 2. The van der Waals surface area contributed by atoms with Crippen LogP contribution in [0.1, 0.15) is 63.1 Å². The minimum atomic E-state index is 0. The Bertz CT molecular complexity index is 740. The number of nitrogens with one attached hydrogen (secondary N) is 2. The van der Waals surface area contributed by atoms with Crippen LogP contribution in [-0.2, 0) is 19.6 Å². The van der Waals surface area contributed by atoms with Crippen LogP contribution >= 0.6 is 24.0 Å². The lowest BCUT2D eigenvalue weighted by Gasteiger charge is -2.20. The highest BCUT2D eigenvalue weighted by Gasteiger charge is 2.09. The van der Waals surface area contributed by atoms with E-state index in [1.165, 1.54) is 11.1 Å². The fourth-order valence-corrected chi connectivity index (χ4v) is 2.92. The summed E-state index contributed by atoms with van der Waals surface area (Å²) in [6.45, 7) is 15.7. The van der Waals surface area contributed by atoms with Crippen LogP contribution in [0, 0.1) is 0 Å². The van der Waals surface area contributed by atoms with Gasteiger partial charge in [0, 0.05) is 19.2 Å². The molecule has 1 aromatic heterocycles. The molecule has 0 unspecified atom stereocenters. The van der Waals surface area contributed by atoms with Crippen LogP contribution in [0.15, 0.2) is 39.8 Å². The molecule has 29 heavy (non-hydrogen) atoms. The lowest BCUT2D eigenvalue weighted by molar-refractivity contribution is 0.295. The second-order valence-corrected chi connectivity index (χ2v) is 7.15. The number of hydrogen-bond acceptors (Lipinski definition) is 4. The third-order valence-electron chi connectivity index (χ3n) is 4.76. The van der Waals surface area contributed by atoms with E-state index in [2.05, 4.69) is 79.6 Å². The van der Waals surface area contributed by atoms with E-state index in [0.29, 0.717) is 19.0 Å². The van der Waals surface area contributed by atoms with E-state index in [4.69, 9.17) is 9.52 Å². The quantitative estimate of drug-likeness (QED) is 0.278. The molecule has 162 valence electrons. The molecule has 0 radical (unpaired) electrons. The molecular weight excluding hydrogens is 477 g/mol. The van der Waals surface area contributed by atoms with E-state index in [1.807, 2.05) is 6.07 Å². The minimum Gasteiger partial charge on any atom is -0.359 e. The Morgan fingerprint density at radius 1 is 1.10 bits per heavy atom. The van der Waals surface area contributed by atoms with Crippen molar-refractivity contribution in [1.82, 2.24) is 20.7 Å². The van der Waals surface area contributed by atoms with Gasteiger partial charge in [-0.3, -0.25) is 4.90 Å². The average molecular weight is 513 g/mol. The van der Waals surface area contributed by atoms with Crippen molar-refractivity contribution in [2.24, 2.45) is 4.99 Å². The summed E-state index contributed by atoms with van der Waals surface area (Å²) in [5, 5.41) is 10.7. The van der Waals surface area contributed by atoms with E-state index in [1.54, 1.807) is 0 Å². The van der Waals surface area contributed by atoms with E-state index in [0.717, 1.165) is 43.6 Å². The zero-order valence-corrected chi connectivity index (χ0v) is 20.7. The van der Waals surface area contributed by atoms with Gasteiger partial charge in [-0.15, -0.1) is 24.0 Å². The van der Waals surface area contributed by atoms with Crippen molar-refractivity contribution in [2.45, 2.75) is 60.2 Å².